The average molecular weight is 415 g/mol. The maximum atomic E-state index is 12.7. The van der Waals surface area contributed by atoms with Gasteiger partial charge in [0.15, 0.2) is 5.11 Å². The van der Waals surface area contributed by atoms with E-state index in [0.29, 0.717) is 17.3 Å². The van der Waals surface area contributed by atoms with Crippen molar-refractivity contribution in [3.05, 3.63) is 53.2 Å². The van der Waals surface area contributed by atoms with Gasteiger partial charge in [-0.3, -0.25) is 0 Å². The number of esters is 1. The Morgan fingerprint density at radius 2 is 1.86 bits per heavy atom. The topological polar surface area (TPSA) is 60.0 Å². The first-order valence-electron chi connectivity index (χ1n) is 9.36. The second kappa shape index (κ2) is 8.80. The zero-order valence-corrected chi connectivity index (χ0v) is 18.1. The van der Waals surface area contributed by atoms with E-state index in [-0.39, 0.29) is 12.0 Å². The lowest BCUT2D eigenvalue weighted by atomic mass is 9.93. The van der Waals surface area contributed by atoms with Crippen LogP contribution in [-0.2, 0) is 14.3 Å². The number of nitrogens with one attached hydrogen (secondary N) is 1. The minimum atomic E-state index is -0.396. The van der Waals surface area contributed by atoms with E-state index in [0.717, 1.165) is 27.8 Å². The van der Waals surface area contributed by atoms with Crippen molar-refractivity contribution in [2.45, 2.75) is 25.9 Å². The van der Waals surface area contributed by atoms with E-state index in [1.54, 1.807) is 14.2 Å². The molecule has 0 aromatic heterocycles. The molecule has 1 aliphatic rings. The molecule has 0 amide bonds. The van der Waals surface area contributed by atoms with E-state index in [4.69, 9.17) is 26.4 Å². The van der Waals surface area contributed by atoms with Crippen LogP contribution in [0.4, 0.5) is 0 Å². The number of benzene rings is 2. The number of allylic oxidation sites excluding steroid dienone is 1. The Morgan fingerprint density at radius 1 is 1.17 bits per heavy atom. The Hall–Kier alpha value is -2.64. The number of nitrogens with zero attached hydrogens (tertiary/aromatic N) is 1. The van der Waals surface area contributed by atoms with E-state index in [9.17, 15) is 4.79 Å². The van der Waals surface area contributed by atoms with Gasteiger partial charge >= 0.3 is 5.97 Å². The molecule has 0 radical (unpaired) electrons. The number of fused-ring (bicyclic) bond motifs is 1. The van der Waals surface area contributed by atoms with Gasteiger partial charge < -0.3 is 24.4 Å². The molecule has 0 bridgehead atoms. The molecule has 0 saturated carbocycles. The molecular formula is C22H26N2O4S. The van der Waals surface area contributed by atoms with Crippen LogP contribution in [0.15, 0.2) is 47.7 Å². The molecule has 3 rings (SSSR count). The van der Waals surface area contributed by atoms with Crippen LogP contribution in [0, 0.1) is 0 Å². The summed E-state index contributed by atoms with van der Waals surface area (Å²) in [5, 5.41) is 5.99. The minimum absolute atomic E-state index is 0.0234. The number of carbonyl (C=O) groups excluding carboxylic acids is 1. The first-order valence-corrected chi connectivity index (χ1v) is 9.77. The maximum Gasteiger partial charge on any atom is 0.337 e. The zero-order valence-electron chi connectivity index (χ0n) is 17.3. The molecule has 0 saturated heterocycles. The van der Waals surface area contributed by atoms with Gasteiger partial charge in [-0.2, -0.15) is 0 Å². The van der Waals surface area contributed by atoms with Crippen molar-refractivity contribution in [3.8, 4) is 5.75 Å². The molecule has 1 aliphatic heterocycles. The van der Waals surface area contributed by atoms with E-state index >= 15 is 0 Å². The first-order chi connectivity index (χ1) is 13.9. The highest BCUT2D eigenvalue weighted by atomic mass is 32.1. The van der Waals surface area contributed by atoms with E-state index in [1.165, 1.54) is 7.11 Å². The molecular weight excluding hydrogens is 388 g/mol. The number of carbonyl (C=O) groups is 1. The predicted octanol–water partition coefficient (Wildman–Crippen LogP) is 3.56. The number of methoxy groups -OCH3 is 3. The van der Waals surface area contributed by atoms with Crippen molar-refractivity contribution in [3.63, 3.8) is 0 Å². The van der Waals surface area contributed by atoms with Gasteiger partial charge in [-0.1, -0.05) is 18.2 Å². The van der Waals surface area contributed by atoms with E-state index in [1.807, 2.05) is 49.1 Å². The molecule has 7 heteroatoms. The first kappa shape index (κ1) is 21.1. The van der Waals surface area contributed by atoms with Crippen molar-refractivity contribution in [2.24, 2.45) is 0 Å². The average Bonchev–Trinajstić information content (AvgIpc) is 2.72. The quantitative estimate of drug-likeness (QED) is 0.573. The molecule has 0 unspecified atom stereocenters. The summed E-state index contributed by atoms with van der Waals surface area (Å²) in [5.74, 6) is 0.419. The Bertz CT molecular complexity index is 972. The summed E-state index contributed by atoms with van der Waals surface area (Å²) >= 11 is 5.63. The number of hydrogen-bond acceptors (Lipinski definition) is 5. The monoisotopic (exact) mass is 414 g/mol. The van der Waals surface area contributed by atoms with Gasteiger partial charge in [-0.05, 0) is 60.6 Å². The Kier molecular flexibility index (Phi) is 6.39. The molecule has 2 atom stereocenters. The molecule has 29 heavy (non-hydrogen) atoms. The van der Waals surface area contributed by atoms with E-state index < -0.39 is 6.04 Å². The summed E-state index contributed by atoms with van der Waals surface area (Å²) in [4.78, 5) is 14.6. The van der Waals surface area contributed by atoms with Gasteiger partial charge in [0.2, 0.25) is 0 Å². The SMILES string of the molecule is COC[C@@H](C)N1C(=S)N[C@H](c2ccc3cc(OC)ccc3c2)C(C(=O)OC)=C1C. The van der Waals surface area contributed by atoms with Gasteiger partial charge in [0.1, 0.15) is 5.75 Å². The van der Waals surface area contributed by atoms with Gasteiger partial charge in [-0.15, -0.1) is 0 Å². The second-order valence-electron chi connectivity index (χ2n) is 7.02. The fraction of sp³-hybridized carbons (Fsp3) is 0.364. The Balaban J connectivity index is 2.08. The molecule has 2 aromatic rings. The highest BCUT2D eigenvalue weighted by Crippen LogP contribution is 2.34. The standard InChI is InChI=1S/C22H26N2O4S/c1-13(12-26-3)24-14(2)19(21(25)28-5)20(23-22(24)29)17-7-6-16-11-18(27-4)9-8-15(16)10-17/h6-11,13,20H,12H2,1-5H3,(H,23,29)/t13-,20-/m1/s1. The van der Waals surface area contributed by atoms with Gasteiger partial charge in [0.25, 0.3) is 0 Å². The lowest BCUT2D eigenvalue weighted by Gasteiger charge is -2.40. The third-order valence-electron chi connectivity index (χ3n) is 5.19. The van der Waals surface area contributed by atoms with Crippen LogP contribution in [0.2, 0.25) is 0 Å². The summed E-state index contributed by atoms with van der Waals surface area (Å²) in [6.07, 6.45) is 0. The third kappa shape index (κ3) is 4.06. The Labute approximate surface area is 176 Å². The van der Waals surface area contributed by atoms with Crippen LogP contribution < -0.4 is 10.1 Å². The summed E-state index contributed by atoms with van der Waals surface area (Å²) in [7, 11) is 4.68. The molecule has 1 heterocycles. The van der Waals surface area contributed by atoms with Crippen LogP contribution in [-0.4, -0.2) is 50.0 Å². The Morgan fingerprint density at radius 3 is 2.52 bits per heavy atom. The summed E-state index contributed by atoms with van der Waals surface area (Å²) in [6.45, 7) is 4.38. The highest BCUT2D eigenvalue weighted by Gasteiger charge is 2.36. The minimum Gasteiger partial charge on any atom is -0.497 e. The van der Waals surface area contributed by atoms with Crippen LogP contribution in [0.5, 0.6) is 5.75 Å². The summed E-state index contributed by atoms with van der Waals surface area (Å²) in [6, 6.07) is 11.5. The number of thiocarbonyl (C=S) groups is 1. The molecule has 2 aromatic carbocycles. The fourth-order valence-electron chi connectivity index (χ4n) is 3.78. The van der Waals surface area contributed by atoms with Crippen LogP contribution >= 0.6 is 12.2 Å². The number of hydrogen-bond donors (Lipinski definition) is 1. The normalized spacial score (nSPS) is 17.9. The molecule has 6 nitrogen and oxygen atoms in total. The molecule has 0 spiro atoms. The van der Waals surface area contributed by atoms with Crippen molar-refractivity contribution >= 4 is 34.1 Å². The third-order valence-corrected chi connectivity index (χ3v) is 5.50. The van der Waals surface area contributed by atoms with Crippen LogP contribution in [0.25, 0.3) is 10.8 Å². The van der Waals surface area contributed by atoms with Crippen molar-refractivity contribution in [2.75, 3.05) is 27.9 Å². The molecule has 154 valence electrons. The van der Waals surface area contributed by atoms with Crippen LogP contribution in [0.3, 0.4) is 0 Å². The number of rotatable bonds is 6. The van der Waals surface area contributed by atoms with Gasteiger partial charge in [0, 0.05) is 12.8 Å². The van der Waals surface area contributed by atoms with Gasteiger partial charge in [0.05, 0.1) is 38.5 Å². The largest absolute Gasteiger partial charge is 0.497 e. The predicted molar refractivity (Wildman–Crippen MR) is 117 cm³/mol. The number of ether oxygens (including phenoxy) is 3. The lowest BCUT2D eigenvalue weighted by molar-refractivity contribution is -0.136. The molecule has 0 fully saturated rings. The van der Waals surface area contributed by atoms with Crippen molar-refractivity contribution in [1.29, 1.82) is 0 Å². The zero-order chi connectivity index (χ0) is 21.1. The van der Waals surface area contributed by atoms with E-state index in [2.05, 4.69) is 11.4 Å². The highest BCUT2D eigenvalue weighted by molar-refractivity contribution is 7.80. The van der Waals surface area contributed by atoms with Crippen molar-refractivity contribution in [1.82, 2.24) is 10.2 Å². The van der Waals surface area contributed by atoms with Crippen molar-refractivity contribution < 1.29 is 19.0 Å². The van der Waals surface area contributed by atoms with Gasteiger partial charge in [-0.25, -0.2) is 4.79 Å². The lowest BCUT2D eigenvalue weighted by Crippen LogP contribution is -2.52. The van der Waals surface area contributed by atoms with Crippen LogP contribution in [0.1, 0.15) is 25.5 Å². The summed E-state index contributed by atoms with van der Waals surface area (Å²) < 4.78 is 15.7. The molecule has 0 aliphatic carbocycles. The second-order valence-corrected chi connectivity index (χ2v) is 7.41. The molecule has 1 N–H and O–H groups in total. The fourth-order valence-corrected chi connectivity index (χ4v) is 4.21. The maximum absolute atomic E-state index is 12.7. The smallest absolute Gasteiger partial charge is 0.337 e. The summed E-state index contributed by atoms with van der Waals surface area (Å²) in [5.41, 5.74) is 2.24.